The first-order valence-electron chi connectivity index (χ1n) is 7.32. The fourth-order valence-corrected chi connectivity index (χ4v) is 2.43. The van der Waals surface area contributed by atoms with E-state index < -0.39 is 29.8 Å². The first-order valence-corrected chi connectivity index (χ1v) is 7.32. The Bertz CT molecular complexity index is 843. The van der Waals surface area contributed by atoms with Gasteiger partial charge in [-0.15, -0.1) is 0 Å². The van der Waals surface area contributed by atoms with Crippen molar-refractivity contribution in [1.29, 1.82) is 0 Å². The number of carbonyl (C=O) groups excluding carboxylic acids is 1. The van der Waals surface area contributed by atoms with Crippen LogP contribution in [0.15, 0.2) is 29.1 Å². The number of aliphatic hydroxyl groups is 1. The summed E-state index contributed by atoms with van der Waals surface area (Å²) in [5.74, 6) is -0.757. The Kier molecular flexibility index (Phi) is 5.27. The third-order valence-electron chi connectivity index (χ3n) is 3.62. The molecule has 0 fully saturated rings. The molecule has 3 N–H and O–H groups in total. The molecule has 0 bridgehead atoms. The second-order valence-corrected chi connectivity index (χ2v) is 5.41. The maximum absolute atomic E-state index is 12.7. The molecule has 0 saturated carbocycles. The minimum atomic E-state index is -4.49. The minimum absolute atomic E-state index is 0.0386. The maximum atomic E-state index is 12.7. The average Bonchev–Trinajstić information content (AvgIpc) is 2.53. The van der Waals surface area contributed by atoms with Gasteiger partial charge in [-0.1, -0.05) is 12.1 Å². The Labute approximate surface area is 140 Å². The van der Waals surface area contributed by atoms with Crippen LogP contribution in [0.2, 0.25) is 0 Å². The fraction of sp³-hybridized carbons (Fsp3) is 0.312. The Hall–Kier alpha value is -2.68. The van der Waals surface area contributed by atoms with Crippen LogP contribution in [0.25, 0.3) is 11.4 Å². The highest BCUT2D eigenvalue weighted by Crippen LogP contribution is 2.30. The van der Waals surface area contributed by atoms with Gasteiger partial charge < -0.3 is 10.8 Å². The molecule has 0 spiro atoms. The molecule has 6 nitrogen and oxygen atoms in total. The van der Waals surface area contributed by atoms with Gasteiger partial charge >= 0.3 is 6.18 Å². The van der Waals surface area contributed by atoms with Gasteiger partial charge in [0.15, 0.2) is 0 Å². The van der Waals surface area contributed by atoms with Gasteiger partial charge in [0.25, 0.3) is 5.56 Å². The number of hydrogen-bond acceptors (Lipinski definition) is 4. The van der Waals surface area contributed by atoms with Crippen LogP contribution in [0, 0.1) is 6.92 Å². The number of carbonyl (C=O) groups is 1. The van der Waals surface area contributed by atoms with Gasteiger partial charge in [0, 0.05) is 29.8 Å². The van der Waals surface area contributed by atoms with Crippen molar-refractivity contribution in [1.82, 2.24) is 9.55 Å². The zero-order chi connectivity index (χ0) is 18.8. The lowest BCUT2D eigenvalue weighted by Gasteiger charge is -2.15. The van der Waals surface area contributed by atoms with Gasteiger partial charge in [-0.25, -0.2) is 4.98 Å². The SMILES string of the molecule is Cc1nc(-c2ccc(C(F)(F)F)cc2)n(CC(N)=O)c(=O)c1CCO. The largest absolute Gasteiger partial charge is 0.416 e. The van der Waals surface area contributed by atoms with E-state index in [2.05, 4.69) is 4.98 Å². The molecule has 1 aromatic heterocycles. The first kappa shape index (κ1) is 18.7. The summed E-state index contributed by atoms with van der Waals surface area (Å²) in [7, 11) is 0. The number of alkyl halides is 3. The van der Waals surface area contributed by atoms with Crippen LogP contribution in [-0.2, 0) is 23.9 Å². The van der Waals surface area contributed by atoms with Crippen LogP contribution < -0.4 is 11.3 Å². The van der Waals surface area contributed by atoms with Crippen molar-refractivity contribution in [3.8, 4) is 11.4 Å². The van der Waals surface area contributed by atoms with Gasteiger partial charge in [0.2, 0.25) is 5.91 Å². The minimum Gasteiger partial charge on any atom is -0.396 e. The number of amides is 1. The molecule has 0 aliphatic heterocycles. The highest BCUT2D eigenvalue weighted by molar-refractivity contribution is 5.74. The molecule has 9 heteroatoms. The van der Waals surface area contributed by atoms with E-state index >= 15 is 0 Å². The summed E-state index contributed by atoms with van der Waals surface area (Å²) in [6.07, 6.45) is -4.44. The number of halogens is 3. The summed E-state index contributed by atoms with van der Waals surface area (Å²) in [6, 6.07) is 4.08. The summed E-state index contributed by atoms with van der Waals surface area (Å²) in [5.41, 5.74) is 4.55. The number of rotatable bonds is 5. The normalized spacial score (nSPS) is 11.6. The second-order valence-electron chi connectivity index (χ2n) is 5.41. The number of aliphatic hydroxyl groups excluding tert-OH is 1. The van der Waals surface area contributed by atoms with E-state index in [4.69, 9.17) is 10.8 Å². The van der Waals surface area contributed by atoms with E-state index in [9.17, 15) is 22.8 Å². The van der Waals surface area contributed by atoms with Crippen LogP contribution in [0.5, 0.6) is 0 Å². The van der Waals surface area contributed by atoms with E-state index in [0.717, 1.165) is 16.7 Å². The Morgan fingerprint density at radius 1 is 1.28 bits per heavy atom. The third kappa shape index (κ3) is 4.05. The standard InChI is InChI=1S/C16H16F3N3O3/c1-9-12(6-7-23)15(25)22(8-13(20)24)14(21-9)10-2-4-11(5-3-10)16(17,18)19/h2-5,23H,6-8H2,1H3,(H2,20,24). The van der Waals surface area contributed by atoms with Gasteiger partial charge in [-0.3, -0.25) is 14.2 Å². The third-order valence-corrected chi connectivity index (χ3v) is 3.62. The molecule has 1 heterocycles. The van der Waals surface area contributed by atoms with Crippen molar-refractivity contribution >= 4 is 5.91 Å². The van der Waals surface area contributed by atoms with E-state index in [1.807, 2.05) is 0 Å². The maximum Gasteiger partial charge on any atom is 0.416 e. The number of nitrogens with zero attached hydrogens (tertiary/aromatic N) is 2. The van der Waals surface area contributed by atoms with Crippen LogP contribution in [0.1, 0.15) is 16.8 Å². The topological polar surface area (TPSA) is 98.2 Å². The van der Waals surface area contributed by atoms with Crippen molar-refractivity contribution in [3.05, 3.63) is 51.4 Å². The predicted molar refractivity (Wildman–Crippen MR) is 83.7 cm³/mol. The summed E-state index contributed by atoms with van der Waals surface area (Å²) in [6.45, 7) is 0.795. The summed E-state index contributed by atoms with van der Waals surface area (Å²) < 4.78 is 39.1. The molecule has 0 unspecified atom stereocenters. The van der Waals surface area contributed by atoms with Crippen molar-refractivity contribution in [2.45, 2.75) is 26.1 Å². The molecule has 0 aliphatic carbocycles. The highest BCUT2D eigenvalue weighted by atomic mass is 19.4. The number of aryl methyl sites for hydroxylation is 1. The number of aromatic nitrogens is 2. The van der Waals surface area contributed by atoms with Crippen LogP contribution in [0.3, 0.4) is 0 Å². The summed E-state index contributed by atoms with van der Waals surface area (Å²) in [4.78, 5) is 28.1. The zero-order valence-electron chi connectivity index (χ0n) is 13.3. The predicted octanol–water partition coefficient (Wildman–Crippen LogP) is 1.26. The van der Waals surface area contributed by atoms with Crippen LogP contribution in [-0.4, -0.2) is 27.2 Å². The van der Waals surface area contributed by atoms with Gasteiger partial charge in [-0.05, 0) is 19.1 Å². The number of hydrogen-bond donors (Lipinski definition) is 2. The first-order chi connectivity index (χ1) is 11.6. The zero-order valence-corrected chi connectivity index (χ0v) is 13.3. The molecule has 0 atom stereocenters. The molecule has 0 aliphatic rings. The Balaban J connectivity index is 2.63. The average molecular weight is 355 g/mol. The summed E-state index contributed by atoms with van der Waals surface area (Å²) >= 11 is 0. The van der Waals surface area contributed by atoms with Crippen molar-refractivity contribution in [3.63, 3.8) is 0 Å². The fourth-order valence-electron chi connectivity index (χ4n) is 2.43. The smallest absolute Gasteiger partial charge is 0.396 e. The van der Waals surface area contributed by atoms with Crippen molar-refractivity contribution in [2.24, 2.45) is 5.73 Å². The molecular weight excluding hydrogens is 339 g/mol. The molecule has 2 aromatic rings. The molecule has 134 valence electrons. The van der Waals surface area contributed by atoms with E-state index in [1.54, 1.807) is 6.92 Å². The highest BCUT2D eigenvalue weighted by Gasteiger charge is 2.30. The molecule has 1 amide bonds. The molecule has 25 heavy (non-hydrogen) atoms. The van der Waals surface area contributed by atoms with E-state index in [1.165, 1.54) is 12.1 Å². The monoisotopic (exact) mass is 355 g/mol. The van der Waals surface area contributed by atoms with Gasteiger partial charge in [0.1, 0.15) is 12.4 Å². The van der Waals surface area contributed by atoms with Gasteiger partial charge in [-0.2, -0.15) is 13.2 Å². The Morgan fingerprint density at radius 3 is 2.36 bits per heavy atom. The van der Waals surface area contributed by atoms with E-state index in [0.29, 0.717) is 5.69 Å². The van der Waals surface area contributed by atoms with Crippen LogP contribution in [0.4, 0.5) is 13.2 Å². The molecule has 0 saturated heterocycles. The van der Waals surface area contributed by atoms with Gasteiger partial charge in [0.05, 0.1) is 5.56 Å². The van der Waals surface area contributed by atoms with Crippen molar-refractivity contribution in [2.75, 3.05) is 6.61 Å². The van der Waals surface area contributed by atoms with E-state index in [-0.39, 0.29) is 30.0 Å². The molecule has 1 aromatic carbocycles. The Morgan fingerprint density at radius 2 is 1.88 bits per heavy atom. The molecule has 2 rings (SSSR count). The van der Waals surface area contributed by atoms with Crippen molar-refractivity contribution < 1.29 is 23.1 Å². The quantitative estimate of drug-likeness (QED) is 0.844. The molecule has 0 radical (unpaired) electrons. The molecular formula is C16H16F3N3O3. The lowest BCUT2D eigenvalue weighted by Crippen LogP contribution is -2.33. The second kappa shape index (κ2) is 7.06. The number of benzene rings is 1. The van der Waals surface area contributed by atoms with Crippen LogP contribution >= 0.6 is 0 Å². The lowest BCUT2D eigenvalue weighted by atomic mass is 10.1. The lowest BCUT2D eigenvalue weighted by molar-refractivity contribution is -0.137. The summed E-state index contributed by atoms with van der Waals surface area (Å²) in [5, 5.41) is 9.06. The number of primary amides is 1. The number of nitrogens with two attached hydrogens (primary N) is 1.